The van der Waals surface area contributed by atoms with Crippen molar-refractivity contribution >= 4 is 112 Å². The second-order valence-corrected chi connectivity index (χ2v) is 35.7. The van der Waals surface area contributed by atoms with Crippen LogP contribution < -0.4 is 114 Å². The number of phenolic OH excluding ortho intramolecular Hbond substituents is 1. The molecule has 0 fully saturated rings. The van der Waals surface area contributed by atoms with Gasteiger partial charge in [0.2, 0.25) is 82.7 Å². The van der Waals surface area contributed by atoms with E-state index in [9.17, 15) is 92.3 Å². The second kappa shape index (κ2) is 68.9. The lowest BCUT2D eigenvalue weighted by Gasteiger charge is -2.29. The number of aromatic hydroxyl groups is 1. The highest BCUT2D eigenvalue weighted by atomic mass is 32.2. The molecule has 2 aromatic rings. The number of aromatic nitrogens is 2. The number of nitrogens with zero attached hydrogens (tertiary/aromatic N) is 1. The van der Waals surface area contributed by atoms with Crippen molar-refractivity contribution in [2.75, 3.05) is 51.3 Å². The van der Waals surface area contributed by atoms with Crippen LogP contribution in [0.15, 0.2) is 36.8 Å². The van der Waals surface area contributed by atoms with Gasteiger partial charge >= 0.3 is 5.97 Å². The smallest absolute Gasteiger partial charge is 0.305 e. The first-order chi connectivity index (χ1) is 63.8. The summed E-state index contributed by atoms with van der Waals surface area (Å²) in [6.07, 6.45) is 17.7. The van der Waals surface area contributed by atoms with E-state index in [0.717, 1.165) is 32.6 Å². The molecule has 14 amide bonds. The number of imidazole rings is 1. The number of aliphatic hydroxyl groups is 2. The molecule has 0 spiro atoms. The number of aliphatic carboxylic acids is 1. The van der Waals surface area contributed by atoms with Gasteiger partial charge < -0.3 is 140 Å². The molecule has 0 saturated heterocycles. The Morgan fingerprint density at radius 3 is 1.15 bits per heavy atom. The Morgan fingerprint density at radius 1 is 0.418 bits per heavy atom. The summed E-state index contributed by atoms with van der Waals surface area (Å²) in [5.74, 6) is -16.4. The van der Waals surface area contributed by atoms with Gasteiger partial charge in [0.1, 0.15) is 84.3 Å². The van der Waals surface area contributed by atoms with Gasteiger partial charge in [0, 0.05) is 44.2 Å². The summed E-state index contributed by atoms with van der Waals surface area (Å²) in [5, 5.41) is 96.4. The number of unbranched alkanes of at least 4 members (excludes halogenated alkanes) is 15. The van der Waals surface area contributed by atoms with Crippen LogP contribution in [-0.4, -0.2) is 267 Å². The molecule has 134 heavy (non-hydrogen) atoms. The van der Waals surface area contributed by atoms with E-state index in [2.05, 4.69) is 96.6 Å². The quantitative estimate of drug-likeness (QED) is 0.0210. The molecule has 758 valence electrons. The fourth-order valence-electron chi connectivity index (χ4n) is 14.5. The third-order valence-corrected chi connectivity index (χ3v) is 22.6. The minimum Gasteiger partial charge on any atom is -0.508 e. The number of hydrogen-bond acceptors (Lipinski definition) is 25. The third-order valence-electron chi connectivity index (χ3n) is 22.0. The lowest BCUT2D eigenvalue weighted by molar-refractivity contribution is -0.142. The van der Waals surface area contributed by atoms with Crippen molar-refractivity contribution in [1.82, 2.24) is 89.7 Å². The summed E-state index contributed by atoms with van der Waals surface area (Å²) < 4.78 is 0. The van der Waals surface area contributed by atoms with Crippen LogP contribution in [0.25, 0.3) is 0 Å². The summed E-state index contributed by atoms with van der Waals surface area (Å²) in [7, 11) is 0. The second-order valence-electron chi connectivity index (χ2n) is 34.7. The van der Waals surface area contributed by atoms with Gasteiger partial charge in [0.05, 0.1) is 25.5 Å². The highest BCUT2D eigenvalue weighted by Gasteiger charge is 2.40. The van der Waals surface area contributed by atoms with Crippen LogP contribution in [0.2, 0.25) is 0 Å². The number of primary amides is 1. The fraction of sp³-hybridized carbons (Fsp3) is 0.708. The first kappa shape index (κ1) is 119. The van der Waals surface area contributed by atoms with Gasteiger partial charge in [0.15, 0.2) is 11.9 Å². The summed E-state index contributed by atoms with van der Waals surface area (Å²) in [4.78, 5) is 219. The Kier molecular flexibility index (Phi) is 61.2. The predicted octanol–water partition coefficient (Wildman–Crippen LogP) is -1.22. The lowest BCUT2D eigenvalue weighted by atomic mass is 10.0. The highest BCUT2D eigenvalue weighted by molar-refractivity contribution is 7.98. The monoisotopic (exact) mass is 1910 g/mol. The number of guanidine groups is 2. The molecule has 0 aliphatic heterocycles. The zero-order valence-corrected chi connectivity index (χ0v) is 80.0. The molecule has 44 nitrogen and oxygen atoms in total. The predicted molar refractivity (Wildman–Crippen MR) is 509 cm³/mol. The van der Waals surface area contributed by atoms with E-state index in [-0.39, 0.29) is 152 Å². The number of carboxylic acid groups (broad SMARTS) is 1. The van der Waals surface area contributed by atoms with Gasteiger partial charge in [0.25, 0.3) is 0 Å². The van der Waals surface area contributed by atoms with Crippen LogP contribution >= 0.6 is 11.8 Å². The number of H-pyrrole nitrogens is 1. The summed E-state index contributed by atoms with van der Waals surface area (Å²) in [5.41, 5.74) is 35.1. The molecule has 34 N–H and O–H groups in total. The zero-order chi connectivity index (χ0) is 100. The fourth-order valence-corrected chi connectivity index (χ4v) is 15.0. The Labute approximate surface area is 790 Å². The van der Waals surface area contributed by atoms with Crippen LogP contribution in [0.1, 0.15) is 252 Å². The molecule has 0 bridgehead atoms. The third kappa shape index (κ3) is 51.4. The van der Waals surface area contributed by atoms with Gasteiger partial charge in [-0.3, -0.25) is 82.7 Å². The summed E-state index contributed by atoms with van der Waals surface area (Å²) in [6.45, 7) is 9.93. The number of carboxylic acids is 1. The molecular weight excluding hydrogens is 1760 g/mol. The van der Waals surface area contributed by atoms with Crippen molar-refractivity contribution in [3.8, 4) is 5.75 Å². The van der Waals surface area contributed by atoms with Gasteiger partial charge in [-0.2, -0.15) is 11.8 Å². The average molecular weight is 1910 g/mol. The largest absolute Gasteiger partial charge is 0.508 e. The van der Waals surface area contributed by atoms with Gasteiger partial charge in [-0.25, -0.2) is 4.98 Å². The highest BCUT2D eigenvalue weighted by Crippen LogP contribution is 2.19. The van der Waals surface area contributed by atoms with Crippen LogP contribution in [0.5, 0.6) is 5.75 Å². The van der Waals surface area contributed by atoms with Gasteiger partial charge in [-0.05, 0) is 177 Å². The first-order valence-corrected chi connectivity index (χ1v) is 48.4. The lowest BCUT2D eigenvalue weighted by Crippen LogP contribution is -2.62. The minimum atomic E-state index is -2.10. The summed E-state index contributed by atoms with van der Waals surface area (Å²) >= 11 is 1.21. The van der Waals surface area contributed by atoms with Crippen LogP contribution in [0.3, 0.4) is 0 Å². The number of rotatable bonds is 75. The normalized spacial score (nSPS) is 14.4. The maximum absolute atomic E-state index is 14.8. The number of amides is 14. The van der Waals surface area contributed by atoms with Crippen molar-refractivity contribution in [3.05, 3.63) is 48.0 Å². The van der Waals surface area contributed by atoms with Gasteiger partial charge in [-0.1, -0.05) is 124 Å². The molecule has 1 aromatic heterocycles. The van der Waals surface area contributed by atoms with E-state index in [1.54, 1.807) is 34.0 Å². The van der Waals surface area contributed by atoms with Crippen LogP contribution in [0, 0.1) is 22.7 Å². The van der Waals surface area contributed by atoms with E-state index >= 15 is 0 Å². The van der Waals surface area contributed by atoms with E-state index < -0.39 is 192 Å². The first-order valence-electron chi connectivity index (χ1n) is 47.1. The number of nitrogens with one attached hydrogen (secondary N) is 18. The zero-order valence-electron chi connectivity index (χ0n) is 79.2. The van der Waals surface area contributed by atoms with Crippen molar-refractivity contribution < 1.29 is 92.3 Å². The number of aliphatic hydroxyl groups excluding tert-OH is 2. The topological polar surface area (TPSA) is 750 Å². The van der Waals surface area contributed by atoms with E-state index in [1.807, 2.05) is 0 Å². The molecular formula is C89H157N25O19S. The van der Waals surface area contributed by atoms with Crippen molar-refractivity contribution in [3.63, 3.8) is 0 Å². The number of phenols is 1. The SMILES string of the molecule is CCCCCCCCCCCCCCCC(=O)N[C@@H](CCCCN)C(=O)N[C@@H](CCCCN)C(=O)N[C@@H](CC(C)C)C(=O)N[C@@H](CCCNC(=N)N)C(=O)N[C@@H](CO)C(=O)N[C@@H](CCSC)C(=O)N[C@H](C(=O)N[C@@H](CC(=O)O)C(=O)N[C@@H](CCCCN)C(=O)N[C@@H](Cc1ccc(O)cc1)C(=O)N[C@@H](CCCNC(=N)N)C(=O)N[C@@H](CC(C)C)C(=O)N[C@@H](Cc1cnc[nH]1)C(N)=O)[C@@H](C)O. The maximum atomic E-state index is 14.8. The van der Waals surface area contributed by atoms with Crippen LogP contribution in [0.4, 0.5) is 0 Å². The number of nitrogens with two attached hydrogens (primary N) is 6. The molecule has 1 heterocycles. The number of hydrogen-bond donors (Lipinski definition) is 28. The Bertz CT molecular complexity index is 3910. The molecule has 14 atom stereocenters. The van der Waals surface area contributed by atoms with Crippen molar-refractivity contribution in [1.29, 1.82) is 10.8 Å². The Morgan fingerprint density at radius 2 is 0.769 bits per heavy atom. The molecule has 45 heteroatoms. The minimum absolute atomic E-state index is 0.00223. The molecule has 1 aromatic carbocycles. The molecule has 0 unspecified atom stereocenters. The van der Waals surface area contributed by atoms with Crippen molar-refractivity contribution in [2.24, 2.45) is 46.2 Å². The average Bonchev–Trinajstić information content (AvgIpc) is 0.943. The van der Waals surface area contributed by atoms with Crippen LogP contribution in [-0.2, 0) is 84.8 Å². The van der Waals surface area contributed by atoms with E-state index in [0.29, 0.717) is 49.9 Å². The van der Waals surface area contributed by atoms with E-state index in [4.69, 9.17) is 45.2 Å². The number of thioether (sulfide) groups is 1. The molecule has 0 saturated carbocycles. The Balaban J connectivity index is 2.51. The number of carbonyl (C=O) groups excluding carboxylic acids is 14. The molecule has 0 radical (unpaired) electrons. The molecule has 0 aliphatic carbocycles. The van der Waals surface area contributed by atoms with Gasteiger partial charge in [-0.15, -0.1) is 0 Å². The number of carbonyl (C=O) groups is 15. The van der Waals surface area contributed by atoms with Crippen molar-refractivity contribution in [2.45, 2.75) is 338 Å². The number of aromatic amines is 1. The molecule has 2 rings (SSSR count). The number of benzene rings is 1. The summed E-state index contributed by atoms with van der Waals surface area (Å²) in [6, 6.07) is -14.8. The molecule has 0 aliphatic rings. The Hall–Kier alpha value is -11.0. The maximum Gasteiger partial charge on any atom is 0.305 e. The standard InChI is InChI=1S/C89H157N25O19S/c1-8-9-10-11-12-13-14-15-16-17-18-19-20-34-72(118)102-60(29-21-24-40-90)76(122)103-61(30-22-25-41-91)77(123)109-67(46-54(2)3)82(128)105-64(33-28-44-100-89(96)97)80(126)113-71(52-115)86(132)107-65(39-45-134-7)81(127)114-74(56(6)116)87(133)112-70(50-73(119)120)85(131)104-62(31-23-26-42-92)78(124)111-69(48-57-35-37-59(117)38-36-57)84(130)106-63(32-27-43-99-88(94)95)79(125)110-68(47-55(4)5)83(129)108-66(75(93)121)49-58-51-98-53-101-58/h35-38,51,53-56,60-71,74,115-117H,8-34,39-50,52,90-92H2,1-7H3,(H2,93,121)(H,98,101)(H,102,118)(H,103,122)(H,104,131)(H,105,128)(H,106,130)(H,107,132)(H,108,129)(H,109,123)(H,110,125)(H,111,124)(H,112,133)(H,113,126)(H,114,127)(H,119,120)(H4,94,95,99)(H4,96,97,100)/t56-,60+,61+,62+,63+,64+,65+,66+,67+,68+,69+,70+,71+,74+/m1/s1. The van der Waals surface area contributed by atoms with E-state index in [1.165, 1.54) is 99.9 Å².